The normalized spacial score (nSPS) is 11.1. The summed E-state index contributed by atoms with van der Waals surface area (Å²) in [6, 6.07) is 24.2. The molecule has 218 valence electrons. The van der Waals surface area contributed by atoms with Crippen LogP contribution in [0.4, 0.5) is 11.4 Å². The van der Waals surface area contributed by atoms with E-state index in [-0.39, 0.29) is 45.5 Å². The number of furan rings is 2. The maximum absolute atomic E-state index is 12.5. The molecule has 2 heterocycles. The third-order valence-electron chi connectivity index (χ3n) is 6.11. The van der Waals surface area contributed by atoms with Crippen LogP contribution in [0.1, 0.15) is 32.2 Å². The van der Waals surface area contributed by atoms with Gasteiger partial charge in [-0.25, -0.2) is 10.9 Å². The van der Waals surface area contributed by atoms with E-state index >= 15 is 0 Å². The fourth-order valence-electron chi connectivity index (χ4n) is 4.03. The number of carbonyl (C=O) groups excluding carboxylic acids is 2. The number of hydrogen-bond acceptors (Lipinski definition) is 10. The highest BCUT2D eigenvalue weighted by Crippen LogP contribution is 2.31. The summed E-state index contributed by atoms with van der Waals surface area (Å²) in [5, 5.41) is 30.2. The first-order valence-corrected chi connectivity index (χ1v) is 12.7. The second kappa shape index (κ2) is 12.9. The smallest absolute Gasteiger partial charge is 0.280 e. The zero-order valence-electron chi connectivity index (χ0n) is 22.4. The van der Waals surface area contributed by atoms with E-state index in [1.165, 1.54) is 48.8 Å². The number of rotatable bonds is 10. The van der Waals surface area contributed by atoms with Crippen molar-refractivity contribution in [2.75, 3.05) is 0 Å². The molecule has 0 aliphatic rings. The lowest BCUT2D eigenvalue weighted by molar-refractivity contribution is -0.384. The Morgan fingerprint density at radius 1 is 0.591 bits per heavy atom. The van der Waals surface area contributed by atoms with Crippen molar-refractivity contribution in [1.82, 2.24) is 10.9 Å². The molecule has 5 rings (SSSR count). The van der Waals surface area contributed by atoms with Crippen LogP contribution in [0.25, 0.3) is 22.6 Å². The third kappa shape index (κ3) is 6.60. The minimum atomic E-state index is -0.552. The zero-order chi connectivity index (χ0) is 31.1. The van der Waals surface area contributed by atoms with Crippen LogP contribution in [0.2, 0.25) is 0 Å². The highest BCUT2D eigenvalue weighted by molar-refractivity contribution is 5.98. The highest BCUT2D eigenvalue weighted by atomic mass is 16.6. The molecule has 5 aromatic rings. The molecule has 3 aromatic carbocycles. The molecule has 0 radical (unpaired) electrons. The summed E-state index contributed by atoms with van der Waals surface area (Å²) in [5.41, 5.74) is 5.53. The Labute approximate surface area is 247 Å². The van der Waals surface area contributed by atoms with Crippen LogP contribution in [-0.2, 0) is 0 Å². The maximum Gasteiger partial charge on any atom is 0.280 e. The molecule has 0 saturated carbocycles. The van der Waals surface area contributed by atoms with Gasteiger partial charge in [-0.1, -0.05) is 24.3 Å². The molecule has 14 nitrogen and oxygen atoms in total. The van der Waals surface area contributed by atoms with Crippen LogP contribution in [0, 0.1) is 20.2 Å². The van der Waals surface area contributed by atoms with E-state index in [2.05, 4.69) is 21.1 Å². The van der Waals surface area contributed by atoms with E-state index in [0.717, 1.165) is 0 Å². The Kier molecular flexibility index (Phi) is 8.42. The number of hydrogen-bond donors (Lipinski definition) is 2. The molecular weight excluding hydrogens is 572 g/mol. The molecule has 2 N–H and O–H groups in total. The average Bonchev–Trinajstić information content (AvgIpc) is 3.71. The molecule has 0 aliphatic heterocycles. The van der Waals surface area contributed by atoms with Crippen LogP contribution in [-0.4, -0.2) is 34.1 Å². The lowest BCUT2D eigenvalue weighted by atomic mass is 10.1. The average molecular weight is 593 g/mol. The summed E-state index contributed by atoms with van der Waals surface area (Å²) in [4.78, 5) is 46.4. The Morgan fingerprint density at radius 2 is 0.977 bits per heavy atom. The molecule has 44 heavy (non-hydrogen) atoms. The van der Waals surface area contributed by atoms with Gasteiger partial charge in [0, 0.05) is 23.3 Å². The number of para-hydroxylation sites is 2. The molecule has 0 atom stereocenters. The number of nitro benzene ring substituents is 2. The highest BCUT2D eigenvalue weighted by Gasteiger charge is 2.18. The number of hydrazone groups is 2. The Morgan fingerprint density at radius 3 is 1.36 bits per heavy atom. The van der Waals surface area contributed by atoms with E-state index in [0.29, 0.717) is 11.1 Å². The quantitative estimate of drug-likeness (QED) is 0.120. The Bertz CT molecular complexity index is 1780. The molecule has 0 unspecified atom stereocenters. The number of amides is 2. The zero-order valence-corrected chi connectivity index (χ0v) is 22.4. The van der Waals surface area contributed by atoms with E-state index < -0.39 is 21.7 Å². The summed E-state index contributed by atoms with van der Waals surface area (Å²) in [6.07, 6.45) is 2.50. The van der Waals surface area contributed by atoms with Crippen molar-refractivity contribution in [2.24, 2.45) is 10.2 Å². The lowest BCUT2D eigenvalue weighted by Crippen LogP contribution is -2.19. The maximum atomic E-state index is 12.5. The molecule has 2 aromatic heterocycles. The lowest BCUT2D eigenvalue weighted by Gasteiger charge is -2.02. The monoisotopic (exact) mass is 592 g/mol. The van der Waals surface area contributed by atoms with Crippen LogP contribution in [0.15, 0.2) is 116 Å². The predicted octanol–water partition coefficient (Wildman–Crippen LogP) is 5.55. The van der Waals surface area contributed by atoms with Gasteiger partial charge >= 0.3 is 0 Å². The van der Waals surface area contributed by atoms with Crippen LogP contribution < -0.4 is 10.9 Å². The molecule has 2 amide bonds. The number of benzene rings is 3. The number of nitrogens with one attached hydrogen (secondary N) is 2. The second-order valence-electron chi connectivity index (χ2n) is 8.93. The van der Waals surface area contributed by atoms with Gasteiger partial charge in [0.05, 0.1) is 33.4 Å². The van der Waals surface area contributed by atoms with E-state index in [9.17, 15) is 29.8 Å². The summed E-state index contributed by atoms with van der Waals surface area (Å²) >= 11 is 0. The SMILES string of the molecule is O=C(N/N=C/c1ccc(-c2ccccc2[N+](=O)[O-])o1)c1ccc(C(=O)N/N=C/c2ccc(-c3ccccc3[N+](=O)[O-])o2)cc1. The van der Waals surface area contributed by atoms with Crippen molar-refractivity contribution in [3.63, 3.8) is 0 Å². The topological polar surface area (TPSA) is 195 Å². The van der Waals surface area contributed by atoms with Gasteiger partial charge in [-0.05, 0) is 60.7 Å². The van der Waals surface area contributed by atoms with Crippen LogP contribution >= 0.6 is 0 Å². The largest absolute Gasteiger partial charge is 0.455 e. The number of nitrogens with zero attached hydrogens (tertiary/aromatic N) is 4. The van der Waals surface area contributed by atoms with Crippen molar-refractivity contribution >= 4 is 35.6 Å². The van der Waals surface area contributed by atoms with Crippen LogP contribution in [0.5, 0.6) is 0 Å². The number of nitro groups is 2. The van der Waals surface area contributed by atoms with Gasteiger partial charge in [-0.2, -0.15) is 10.2 Å². The van der Waals surface area contributed by atoms with Crippen molar-refractivity contribution < 1.29 is 28.3 Å². The first kappa shape index (κ1) is 28.8. The second-order valence-corrected chi connectivity index (χ2v) is 8.93. The first-order valence-electron chi connectivity index (χ1n) is 12.7. The van der Waals surface area contributed by atoms with Gasteiger partial charge < -0.3 is 8.83 Å². The fraction of sp³-hybridized carbons (Fsp3) is 0. The fourth-order valence-corrected chi connectivity index (χ4v) is 4.03. The van der Waals surface area contributed by atoms with Gasteiger partial charge in [0.25, 0.3) is 23.2 Å². The van der Waals surface area contributed by atoms with Crippen molar-refractivity contribution in [2.45, 2.75) is 0 Å². The molecule has 0 saturated heterocycles. The molecule has 0 bridgehead atoms. The van der Waals surface area contributed by atoms with Gasteiger partial charge in [0.1, 0.15) is 23.0 Å². The van der Waals surface area contributed by atoms with E-state index in [1.54, 1.807) is 60.7 Å². The summed E-state index contributed by atoms with van der Waals surface area (Å²) in [6.45, 7) is 0. The summed E-state index contributed by atoms with van der Waals surface area (Å²) in [7, 11) is 0. The number of carbonyl (C=O) groups is 2. The van der Waals surface area contributed by atoms with E-state index in [1.807, 2.05) is 0 Å². The van der Waals surface area contributed by atoms with Crippen molar-refractivity contribution in [3.05, 3.63) is 140 Å². The van der Waals surface area contributed by atoms with Gasteiger partial charge in [-0.15, -0.1) is 0 Å². The Hall–Kier alpha value is -6.70. The standard InChI is InChI=1S/C30H20N6O8/c37-29(33-31-17-21-13-15-27(43-21)23-5-1-3-7-25(23)35(39)40)19-9-11-20(12-10-19)30(38)34-32-18-22-14-16-28(44-22)24-6-2-4-8-26(24)36(41)42/h1-18H,(H,33,37)(H,34,38)/b31-17+,32-18+. The molecule has 14 heteroatoms. The molecule has 0 aliphatic carbocycles. The molecule has 0 spiro atoms. The predicted molar refractivity (Wildman–Crippen MR) is 158 cm³/mol. The minimum Gasteiger partial charge on any atom is -0.455 e. The summed E-state index contributed by atoms with van der Waals surface area (Å²) < 4.78 is 11.2. The van der Waals surface area contributed by atoms with Crippen molar-refractivity contribution in [1.29, 1.82) is 0 Å². The summed E-state index contributed by atoms with van der Waals surface area (Å²) in [5.74, 6) is -0.0318. The van der Waals surface area contributed by atoms with Gasteiger partial charge in [0.2, 0.25) is 0 Å². The molecular formula is C30H20N6O8. The third-order valence-corrected chi connectivity index (χ3v) is 6.11. The molecule has 0 fully saturated rings. The minimum absolute atomic E-state index is 0.104. The van der Waals surface area contributed by atoms with Crippen LogP contribution in [0.3, 0.4) is 0 Å². The van der Waals surface area contributed by atoms with E-state index in [4.69, 9.17) is 8.83 Å². The van der Waals surface area contributed by atoms with Gasteiger partial charge in [-0.3, -0.25) is 29.8 Å². The van der Waals surface area contributed by atoms with Crippen molar-refractivity contribution in [3.8, 4) is 22.6 Å². The Balaban J connectivity index is 1.14. The first-order chi connectivity index (χ1) is 21.3. The van der Waals surface area contributed by atoms with Gasteiger partial charge in [0.15, 0.2) is 0 Å².